The van der Waals surface area contributed by atoms with E-state index >= 15 is 0 Å². The molecule has 2 unspecified atom stereocenters. The number of hydrogen-bond acceptors (Lipinski definition) is 3. The Balaban J connectivity index is 2.82. The summed E-state index contributed by atoms with van der Waals surface area (Å²) in [6.45, 7) is 5.31. The second kappa shape index (κ2) is 7.28. The monoisotopic (exact) mass is 259 g/mol. The molecule has 104 valence electrons. The van der Waals surface area contributed by atoms with E-state index in [0.29, 0.717) is 6.04 Å². The predicted octanol–water partition coefficient (Wildman–Crippen LogP) is 2.75. The van der Waals surface area contributed by atoms with Gasteiger partial charge in [-0.05, 0) is 39.4 Å². The van der Waals surface area contributed by atoms with Crippen LogP contribution >= 0.6 is 0 Å². The van der Waals surface area contributed by atoms with Crippen LogP contribution in [0, 0.1) is 11.3 Å². The van der Waals surface area contributed by atoms with Crippen molar-refractivity contribution >= 4 is 0 Å². The van der Waals surface area contributed by atoms with Gasteiger partial charge < -0.3 is 4.90 Å². The lowest BCUT2D eigenvalue weighted by atomic mass is 9.88. The summed E-state index contributed by atoms with van der Waals surface area (Å²) in [5, 5.41) is 12.8. The van der Waals surface area contributed by atoms with Gasteiger partial charge in [0.2, 0.25) is 0 Å². The minimum Gasteiger partial charge on any atom is -0.304 e. The van der Waals surface area contributed by atoms with E-state index in [0.717, 1.165) is 24.9 Å². The molecule has 3 heteroatoms. The summed E-state index contributed by atoms with van der Waals surface area (Å²) in [7, 11) is 3.98. The molecule has 0 radical (unpaired) electrons. The van der Waals surface area contributed by atoms with Gasteiger partial charge in [0.15, 0.2) is 0 Å². The van der Waals surface area contributed by atoms with Crippen molar-refractivity contribution in [2.75, 3.05) is 20.6 Å². The molecule has 0 aliphatic carbocycles. The molecular formula is C16H25N3. The van der Waals surface area contributed by atoms with Gasteiger partial charge in [0.1, 0.15) is 5.54 Å². The van der Waals surface area contributed by atoms with E-state index in [2.05, 4.69) is 37.2 Å². The standard InChI is InChI=1S/C16H25N3/c1-5-14(2)19(4)12-11-16(13-17,18-3)15-9-7-6-8-10-15/h6-10,14,18H,5,11-12H2,1-4H3. The Kier molecular flexibility index (Phi) is 6.01. The zero-order chi connectivity index (χ0) is 14.3. The lowest BCUT2D eigenvalue weighted by Gasteiger charge is -2.31. The Labute approximate surface area is 117 Å². The zero-order valence-electron chi connectivity index (χ0n) is 12.5. The van der Waals surface area contributed by atoms with Crippen molar-refractivity contribution in [1.82, 2.24) is 10.2 Å². The van der Waals surface area contributed by atoms with Crippen LogP contribution in [0.2, 0.25) is 0 Å². The van der Waals surface area contributed by atoms with Crippen LogP contribution in [0.4, 0.5) is 0 Å². The lowest BCUT2D eigenvalue weighted by Crippen LogP contribution is -2.42. The summed E-state index contributed by atoms with van der Waals surface area (Å²) in [6, 6.07) is 13.0. The number of nitrogens with one attached hydrogen (secondary N) is 1. The topological polar surface area (TPSA) is 39.1 Å². The first-order valence-corrected chi connectivity index (χ1v) is 6.95. The highest BCUT2D eigenvalue weighted by atomic mass is 15.1. The van der Waals surface area contributed by atoms with E-state index in [-0.39, 0.29) is 0 Å². The molecule has 1 aromatic rings. The first-order valence-electron chi connectivity index (χ1n) is 6.95. The SMILES string of the molecule is CCC(C)N(C)CCC(C#N)(NC)c1ccccc1. The Morgan fingerprint density at radius 2 is 2.00 bits per heavy atom. The Morgan fingerprint density at radius 3 is 2.47 bits per heavy atom. The summed E-state index contributed by atoms with van der Waals surface area (Å²) < 4.78 is 0. The quantitative estimate of drug-likeness (QED) is 0.818. The molecule has 0 spiro atoms. The van der Waals surface area contributed by atoms with Crippen LogP contribution in [0.15, 0.2) is 30.3 Å². The fourth-order valence-electron chi connectivity index (χ4n) is 2.19. The first-order chi connectivity index (χ1) is 9.09. The highest BCUT2D eigenvalue weighted by molar-refractivity contribution is 5.31. The Hall–Kier alpha value is -1.37. The maximum Gasteiger partial charge on any atom is 0.133 e. The average Bonchev–Trinajstić information content (AvgIpc) is 2.48. The van der Waals surface area contributed by atoms with E-state index in [4.69, 9.17) is 0 Å². The lowest BCUT2D eigenvalue weighted by molar-refractivity contribution is 0.226. The molecule has 0 bridgehead atoms. The third kappa shape index (κ3) is 3.79. The molecule has 0 amide bonds. The first kappa shape index (κ1) is 15.7. The number of nitriles is 1. The highest BCUT2D eigenvalue weighted by Crippen LogP contribution is 2.24. The van der Waals surface area contributed by atoms with Gasteiger partial charge in [-0.25, -0.2) is 0 Å². The number of hydrogen-bond donors (Lipinski definition) is 1. The Morgan fingerprint density at radius 1 is 1.37 bits per heavy atom. The molecule has 2 atom stereocenters. The smallest absolute Gasteiger partial charge is 0.133 e. The van der Waals surface area contributed by atoms with Crippen LogP contribution in [0.1, 0.15) is 32.3 Å². The summed E-state index contributed by atoms with van der Waals surface area (Å²) in [6.07, 6.45) is 1.91. The van der Waals surface area contributed by atoms with Crippen molar-refractivity contribution in [3.05, 3.63) is 35.9 Å². The summed E-state index contributed by atoms with van der Waals surface area (Å²) in [5.74, 6) is 0. The second-order valence-electron chi connectivity index (χ2n) is 5.12. The van der Waals surface area contributed by atoms with Crippen molar-refractivity contribution in [3.63, 3.8) is 0 Å². The molecule has 0 saturated heterocycles. The van der Waals surface area contributed by atoms with E-state index in [9.17, 15) is 5.26 Å². The molecule has 0 aromatic heterocycles. The van der Waals surface area contributed by atoms with Crippen molar-refractivity contribution < 1.29 is 0 Å². The van der Waals surface area contributed by atoms with Gasteiger partial charge in [0.25, 0.3) is 0 Å². The molecule has 0 heterocycles. The van der Waals surface area contributed by atoms with E-state index in [1.54, 1.807) is 0 Å². The van der Waals surface area contributed by atoms with Crippen LogP contribution in [0.5, 0.6) is 0 Å². The largest absolute Gasteiger partial charge is 0.304 e. The van der Waals surface area contributed by atoms with Crippen LogP contribution in [-0.4, -0.2) is 31.6 Å². The van der Waals surface area contributed by atoms with Crippen molar-refractivity contribution in [1.29, 1.82) is 5.26 Å². The van der Waals surface area contributed by atoms with E-state index in [1.165, 1.54) is 0 Å². The van der Waals surface area contributed by atoms with Gasteiger partial charge in [-0.3, -0.25) is 5.32 Å². The normalized spacial score (nSPS) is 15.8. The third-order valence-electron chi connectivity index (χ3n) is 4.07. The van der Waals surface area contributed by atoms with Crippen LogP contribution in [0.3, 0.4) is 0 Å². The van der Waals surface area contributed by atoms with Crippen LogP contribution in [-0.2, 0) is 5.54 Å². The molecular weight excluding hydrogens is 234 g/mol. The maximum absolute atomic E-state index is 9.61. The Bertz CT molecular complexity index is 410. The van der Waals surface area contributed by atoms with Gasteiger partial charge >= 0.3 is 0 Å². The molecule has 3 nitrogen and oxygen atoms in total. The summed E-state index contributed by atoms with van der Waals surface area (Å²) in [4.78, 5) is 2.31. The van der Waals surface area contributed by atoms with Crippen molar-refractivity contribution in [2.24, 2.45) is 0 Å². The minimum atomic E-state index is -0.594. The molecule has 1 rings (SSSR count). The molecule has 0 aliphatic heterocycles. The molecule has 0 saturated carbocycles. The predicted molar refractivity (Wildman–Crippen MR) is 79.8 cm³/mol. The van der Waals surface area contributed by atoms with Gasteiger partial charge in [0.05, 0.1) is 6.07 Å². The second-order valence-corrected chi connectivity index (χ2v) is 5.12. The van der Waals surface area contributed by atoms with Crippen LogP contribution < -0.4 is 5.32 Å². The number of nitrogens with zero attached hydrogens (tertiary/aromatic N) is 2. The van der Waals surface area contributed by atoms with Crippen molar-refractivity contribution in [2.45, 2.75) is 38.3 Å². The molecule has 1 N–H and O–H groups in total. The maximum atomic E-state index is 9.61. The molecule has 0 fully saturated rings. The third-order valence-corrected chi connectivity index (χ3v) is 4.07. The fraction of sp³-hybridized carbons (Fsp3) is 0.562. The highest BCUT2D eigenvalue weighted by Gasteiger charge is 2.30. The van der Waals surface area contributed by atoms with Gasteiger partial charge in [-0.1, -0.05) is 37.3 Å². The van der Waals surface area contributed by atoms with Gasteiger partial charge in [-0.15, -0.1) is 0 Å². The summed E-state index contributed by atoms with van der Waals surface area (Å²) in [5.41, 5.74) is 0.445. The van der Waals surface area contributed by atoms with E-state index < -0.39 is 5.54 Å². The molecule has 19 heavy (non-hydrogen) atoms. The van der Waals surface area contributed by atoms with Gasteiger partial charge in [-0.2, -0.15) is 5.26 Å². The number of benzene rings is 1. The molecule has 0 aliphatic rings. The summed E-state index contributed by atoms with van der Waals surface area (Å²) >= 11 is 0. The zero-order valence-corrected chi connectivity index (χ0v) is 12.5. The fourth-order valence-corrected chi connectivity index (χ4v) is 2.19. The van der Waals surface area contributed by atoms with E-state index in [1.807, 2.05) is 37.4 Å². The van der Waals surface area contributed by atoms with Gasteiger partial charge in [0, 0.05) is 12.6 Å². The average molecular weight is 259 g/mol. The number of rotatable bonds is 7. The minimum absolute atomic E-state index is 0.545. The molecule has 1 aromatic carbocycles. The van der Waals surface area contributed by atoms with Crippen molar-refractivity contribution in [3.8, 4) is 6.07 Å². The van der Waals surface area contributed by atoms with Crippen LogP contribution in [0.25, 0.3) is 0 Å².